The first-order chi connectivity index (χ1) is 15.7. The Bertz CT molecular complexity index is 1570. The summed E-state index contributed by atoms with van der Waals surface area (Å²) in [5, 5.41) is 19.2. The zero-order valence-corrected chi connectivity index (χ0v) is 19.0. The van der Waals surface area contributed by atoms with E-state index in [1.165, 1.54) is 6.07 Å². The van der Waals surface area contributed by atoms with Crippen LogP contribution in [0.1, 0.15) is 0 Å². The molecule has 0 atom stereocenters. The van der Waals surface area contributed by atoms with E-state index in [-0.39, 0.29) is 16.3 Å². The maximum Gasteiger partial charge on any atom is 0.240 e. The van der Waals surface area contributed by atoms with Gasteiger partial charge in [0.1, 0.15) is 4.90 Å². The molecule has 0 bridgehead atoms. The van der Waals surface area contributed by atoms with E-state index in [2.05, 4.69) is 25.6 Å². The van der Waals surface area contributed by atoms with E-state index in [0.29, 0.717) is 29.7 Å². The van der Waals surface area contributed by atoms with Crippen LogP contribution >= 0.6 is 0 Å². The van der Waals surface area contributed by atoms with Gasteiger partial charge in [0.05, 0.1) is 15.7 Å². The number of nitrogens with one attached hydrogen (secondary N) is 1. The first-order valence-corrected chi connectivity index (χ1v) is 13.0. The van der Waals surface area contributed by atoms with Crippen LogP contribution in [0.25, 0.3) is 33.4 Å². The number of hydrogen-bond donors (Lipinski definition) is 2. The summed E-state index contributed by atoms with van der Waals surface area (Å²) in [7, 11) is -6.73. The highest BCUT2D eigenvalue weighted by atomic mass is 32.2. The number of nitrogens with zero attached hydrogens (tertiary/aromatic N) is 5. The van der Waals surface area contributed by atoms with Gasteiger partial charge in [0.25, 0.3) is 0 Å². The molecule has 1 aliphatic heterocycles. The summed E-state index contributed by atoms with van der Waals surface area (Å²) in [6.07, 6.45) is 1.62. The number of fused-ring (bicyclic) bond motifs is 1. The van der Waals surface area contributed by atoms with Crippen LogP contribution in [0, 0.1) is 0 Å². The molecule has 0 amide bonds. The van der Waals surface area contributed by atoms with Crippen molar-refractivity contribution in [1.82, 2.24) is 30.5 Å². The molecular formula is C20H19N7O4S2. The van der Waals surface area contributed by atoms with E-state index >= 15 is 0 Å². The van der Waals surface area contributed by atoms with Gasteiger partial charge in [-0.05, 0) is 35.2 Å². The largest absolute Gasteiger partial charge is 0.304 e. The minimum absolute atomic E-state index is 0.0191. The van der Waals surface area contributed by atoms with E-state index in [9.17, 15) is 16.8 Å². The molecule has 2 aromatic carbocycles. The van der Waals surface area contributed by atoms with Crippen LogP contribution in [0.5, 0.6) is 0 Å². The summed E-state index contributed by atoms with van der Waals surface area (Å²) in [6, 6.07) is 11.9. The number of nitrogens with two attached hydrogens (primary N) is 1. The number of likely N-dealkylation sites (tertiary alicyclic amines) is 1. The Morgan fingerprint density at radius 2 is 1.79 bits per heavy atom. The average Bonchev–Trinajstić information content (AvgIpc) is 3.29. The Morgan fingerprint density at radius 3 is 2.45 bits per heavy atom. The number of sulfone groups is 1. The second-order valence-corrected chi connectivity index (χ2v) is 11.6. The van der Waals surface area contributed by atoms with Crippen molar-refractivity contribution in [2.24, 2.45) is 5.14 Å². The quantitative estimate of drug-likeness (QED) is 0.416. The Morgan fingerprint density at radius 1 is 1.03 bits per heavy atom. The van der Waals surface area contributed by atoms with Crippen molar-refractivity contribution in [2.45, 2.75) is 15.0 Å². The molecule has 0 spiro atoms. The Labute approximate surface area is 189 Å². The van der Waals surface area contributed by atoms with Crippen molar-refractivity contribution < 1.29 is 16.8 Å². The van der Waals surface area contributed by atoms with Crippen molar-refractivity contribution in [3.8, 4) is 22.5 Å². The summed E-state index contributed by atoms with van der Waals surface area (Å²) in [5.74, 6) is -0.0234. The van der Waals surface area contributed by atoms with Crippen molar-refractivity contribution in [3.63, 3.8) is 0 Å². The predicted molar refractivity (Wildman–Crippen MR) is 120 cm³/mol. The van der Waals surface area contributed by atoms with Gasteiger partial charge in [-0.1, -0.05) is 30.3 Å². The third kappa shape index (κ3) is 3.58. The molecule has 0 unspecified atom stereocenters. The van der Waals surface area contributed by atoms with Crippen LogP contribution in [0.15, 0.2) is 58.5 Å². The minimum atomic E-state index is -4.52. The molecule has 5 rings (SSSR count). The third-order valence-corrected chi connectivity index (χ3v) is 8.94. The predicted octanol–water partition coefficient (Wildman–Crippen LogP) is 0.817. The lowest BCUT2D eigenvalue weighted by molar-refractivity contribution is 0.231. The Balaban J connectivity index is 1.88. The van der Waals surface area contributed by atoms with Gasteiger partial charge < -0.3 is 4.90 Å². The van der Waals surface area contributed by atoms with Crippen molar-refractivity contribution in [3.05, 3.63) is 48.7 Å². The monoisotopic (exact) mass is 485 g/mol. The number of tetrazole rings is 1. The molecule has 1 aliphatic rings. The summed E-state index contributed by atoms with van der Waals surface area (Å²) < 4.78 is 52.5. The minimum Gasteiger partial charge on any atom is -0.304 e. The topological polar surface area (TPSA) is 165 Å². The SMILES string of the molecule is CN1CC(S(=O)(=O)c2ccc(-c3cccc4cccnc34)c(-c3nnn[nH]3)c2S(N)(=O)=O)C1. The molecule has 1 saturated heterocycles. The number of primary sulfonamides is 1. The van der Waals surface area contributed by atoms with Crippen LogP contribution in [-0.4, -0.2) is 72.7 Å². The van der Waals surface area contributed by atoms with Crippen LogP contribution < -0.4 is 5.14 Å². The lowest BCUT2D eigenvalue weighted by atomic mass is 9.96. The smallest absolute Gasteiger partial charge is 0.240 e. The van der Waals surface area contributed by atoms with Crippen LogP contribution in [0.4, 0.5) is 0 Å². The third-order valence-electron chi connectivity index (χ3n) is 5.69. The molecule has 3 heterocycles. The fourth-order valence-corrected chi connectivity index (χ4v) is 7.55. The normalized spacial score (nSPS) is 15.6. The van der Waals surface area contributed by atoms with Gasteiger partial charge in [0, 0.05) is 35.8 Å². The zero-order chi connectivity index (χ0) is 23.4. The molecule has 3 N–H and O–H groups in total. The summed E-state index contributed by atoms with van der Waals surface area (Å²) >= 11 is 0. The summed E-state index contributed by atoms with van der Waals surface area (Å²) in [6.45, 7) is 0.584. The van der Waals surface area contributed by atoms with Crippen LogP contribution in [0.2, 0.25) is 0 Å². The van der Waals surface area contributed by atoms with E-state index in [1.54, 1.807) is 37.5 Å². The molecular weight excluding hydrogens is 466 g/mol. The first kappa shape index (κ1) is 21.6. The number of H-pyrrole nitrogens is 1. The fourth-order valence-electron chi connectivity index (χ4n) is 4.13. The first-order valence-electron chi connectivity index (χ1n) is 9.88. The maximum atomic E-state index is 13.4. The molecule has 33 heavy (non-hydrogen) atoms. The number of hydrogen-bond acceptors (Lipinski definition) is 9. The molecule has 170 valence electrons. The molecule has 4 aromatic rings. The number of benzene rings is 2. The average molecular weight is 486 g/mol. The molecule has 2 aromatic heterocycles. The van der Waals surface area contributed by atoms with Gasteiger partial charge >= 0.3 is 0 Å². The van der Waals surface area contributed by atoms with Gasteiger partial charge in [-0.2, -0.15) is 0 Å². The highest BCUT2D eigenvalue weighted by molar-refractivity contribution is 7.94. The number of sulfonamides is 1. The number of rotatable bonds is 5. The molecule has 0 aliphatic carbocycles. The second kappa shape index (κ2) is 7.66. The van der Waals surface area contributed by atoms with Crippen molar-refractivity contribution in [2.75, 3.05) is 20.1 Å². The van der Waals surface area contributed by atoms with Crippen LogP contribution in [-0.2, 0) is 19.9 Å². The molecule has 0 saturated carbocycles. The zero-order valence-electron chi connectivity index (χ0n) is 17.4. The maximum absolute atomic E-state index is 13.4. The number of aromatic nitrogens is 5. The molecule has 0 radical (unpaired) electrons. The number of para-hydroxylation sites is 1. The van der Waals surface area contributed by atoms with Crippen molar-refractivity contribution in [1.29, 1.82) is 0 Å². The molecule has 13 heteroatoms. The Hall–Kier alpha value is -3.26. The standard InChI is InChI=1S/C20H19N7O4S2/c1-27-10-13(11-27)32(28,29)16-8-7-14(15-6-2-4-12-5-3-9-22-18(12)15)17(19(16)33(21,30)31)20-23-25-26-24-20/h2-9,13H,10-11H2,1H3,(H2,21,30,31)(H,23,24,25,26). The van der Waals surface area contributed by atoms with Gasteiger partial charge in [-0.15, -0.1) is 5.10 Å². The fraction of sp³-hybridized carbons (Fsp3) is 0.200. The Kier molecular flexibility index (Phi) is 5.01. The highest BCUT2D eigenvalue weighted by Gasteiger charge is 2.40. The molecule has 1 fully saturated rings. The molecule has 11 nitrogen and oxygen atoms in total. The summed E-state index contributed by atoms with van der Waals surface area (Å²) in [5.41, 5.74) is 1.54. The number of aromatic amines is 1. The summed E-state index contributed by atoms with van der Waals surface area (Å²) in [4.78, 5) is 5.36. The van der Waals surface area contributed by atoms with Gasteiger partial charge in [-0.25, -0.2) is 27.1 Å². The van der Waals surface area contributed by atoms with E-state index in [4.69, 9.17) is 5.14 Å². The van der Waals surface area contributed by atoms with E-state index < -0.39 is 30.0 Å². The van der Waals surface area contributed by atoms with Gasteiger partial charge in [-0.3, -0.25) is 4.98 Å². The highest BCUT2D eigenvalue weighted by Crippen LogP contribution is 2.41. The number of pyridine rings is 1. The van der Waals surface area contributed by atoms with Crippen molar-refractivity contribution >= 4 is 30.8 Å². The lowest BCUT2D eigenvalue weighted by Crippen LogP contribution is -2.52. The van der Waals surface area contributed by atoms with Gasteiger partial charge in [0.2, 0.25) is 10.0 Å². The second-order valence-electron chi connectivity index (χ2n) is 7.88. The lowest BCUT2D eigenvalue weighted by Gasteiger charge is -2.35. The van der Waals surface area contributed by atoms with E-state index in [1.807, 2.05) is 17.0 Å². The van der Waals surface area contributed by atoms with E-state index in [0.717, 1.165) is 5.39 Å². The van der Waals surface area contributed by atoms with Crippen LogP contribution in [0.3, 0.4) is 0 Å². The van der Waals surface area contributed by atoms with Gasteiger partial charge in [0.15, 0.2) is 15.7 Å².